The maximum absolute atomic E-state index is 12.6. The largest absolute Gasteiger partial charge is 0.454 e. The molecule has 0 radical (unpaired) electrons. The first-order valence-corrected chi connectivity index (χ1v) is 20.2. The van der Waals surface area contributed by atoms with E-state index in [1.54, 1.807) is 6.07 Å². The second kappa shape index (κ2) is 33.1. The van der Waals surface area contributed by atoms with Gasteiger partial charge in [-0.2, -0.15) is 4.57 Å². The molecule has 0 fully saturated rings. The van der Waals surface area contributed by atoms with Gasteiger partial charge in [0.2, 0.25) is 5.75 Å². The number of ether oxygens (including phenoxy) is 2. The highest BCUT2D eigenvalue weighted by molar-refractivity contribution is 5.72. The molecule has 1 aromatic rings. The molecule has 1 rings (SSSR count). The maximum Gasteiger partial charge on any atom is 0.311 e. The molecule has 5 heteroatoms. The van der Waals surface area contributed by atoms with Crippen molar-refractivity contribution in [2.45, 2.75) is 200 Å². The number of hydrogen-bond donors (Lipinski definition) is 0. The summed E-state index contributed by atoms with van der Waals surface area (Å²) < 4.78 is 13.1. The first-order chi connectivity index (χ1) is 23.6. The van der Waals surface area contributed by atoms with Crippen molar-refractivity contribution in [1.82, 2.24) is 0 Å². The molecule has 0 aliphatic heterocycles. The molecule has 1 heterocycles. The Morgan fingerprint density at radius 3 is 1.42 bits per heavy atom. The van der Waals surface area contributed by atoms with Gasteiger partial charge in [0.05, 0.1) is 0 Å². The molecular formula is C43H74NO4+. The second-order valence-corrected chi connectivity index (χ2v) is 13.7. The Balaban J connectivity index is 2.10. The molecule has 0 bridgehead atoms. The van der Waals surface area contributed by atoms with Gasteiger partial charge in [0.25, 0.3) is 5.69 Å². The molecule has 0 amide bonds. The van der Waals surface area contributed by atoms with E-state index in [0.29, 0.717) is 24.3 Å². The molecule has 0 atom stereocenters. The molecule has 1 aromatic heterocycles. The fourth-order valence-corrected chi connectivity index (χ4v) is 5.96. The molecule has 0 saturated heterocycles. The Hall–Kier alpha value is -2.43. The summed E-state index contributed by atoms with van der Waals surface area (Å²) in [6.07, 6.45) is 44.1. The van der Waals surface area contributed by atoms with E-state index in [2.05, 4.69) is 38.2 Å². The average molecular weight is 669 g/mol. The molecule has 0 unspecified atom stereocenters. The predicted octanol–water partition coefficient (Wildman–Crippen LogP) is 12.5. The summed E-state index contributed by atoms with van der Waals surface area (Å²) in [4.78, 5) is 25.0. The third-order valence-corrected chi connectivity index (χ3v) is 9.15. The third-order valence-electron chi connectivity index (χ3n) is 9.15. The van der Waals surface area contributed by atoms with Crippen molar-refractivity contribution < 1.29 is 23.6 Å². The van der Waals surface area contributed by atoms with Crippen LogP contribution in [0, 0.1) is 0 Å². The lowest BCUT2D eigenvalue weighted by Gasteiger charge is -2.09. The molecule has 5 nitrogen and oxygen atoms in total. The van der Waals surface area contributed by atoms with E-state index in [4.69, 9.17) is 9.47 Å². The lowest BCUT2D eigenvalue weighted by molar-refractivity contribution is -0.681. The maximum atomic E-state index is 12.6. The number of esters is 2. The van der Waals surface area contributed by atoms with E-state index in [-0.39, 0.29) is 18.5 Å². The summed E-state index contributed by atoms with van der Waals surface area (Å²) >= 11 is 0. The van der Waals surface area contributed by atoms with Crippen LogP contribution >= 0.6 is 0 Å². The number of unbranched alkanes of at least 4 members (excludes halogenated alkanes) is 22. The van der Waals surface area contributed by atoms with Crippen molar-refractivity contribution >= 4 is 11.9 Å². The zero-order valence-electron chi connectivity index (χ0n) is 31.6. The Bertz CT molecular complexity index is 970. The number of rotatable bonds is 33. The van der Waals surface area contributed by atoms with Crippen LogP contribution in [0.5, 0.6) is 5.75 Å². The highest BCUT2D eigenvalue weighted by Gasteiger charge is 2.19. The number of aryl methyl sites for hydroxylation is 1. The van der Waals surface area contributed by atoms with Crippen molar-refractivity contribution in [1.29, 1.82) is 0 Å². The predicted molar refractivity (Wildman–Crippen MR) is 202 cm³/mol. The van der Waals surface area contributed by atoms with Gasteiger partial charge in [-0.1, -0.05) is 141 Å². The van der Waals surface area contributed by atoms with E-state index >= 15 is 0 Å². The van der Waals surface area contributed by atoms with Crippen LogP contribution < -0.4 is 9.30 Å². The van der Waals surface area contributed by atoms with Crippen LogP contribution in [0.15, 0.2) is 42.6 Å². The minimum atomic E-state index is -0.223. The van der Waals surface area contributed by atoms with Gasteiger partial charge in [0, 0.05) is 18.9 Å². The van der Waals surface area contributed by atoms with Crippen molar-refractivity contribution in [3.8, 4) is 5.75 Å². The van der Waals surface area contributed by atoms with Crippen LogP contribution in [-0.2, 0) is 28.0 Å². The molecule has 48 heavy (non-hydrogen) atoms. The zero-order valence-corrected chi connectivity index (χ0v) is 31.6. The molecule has 0 aromatic carbocycles. The van der Waals surface area contributed by atoms with E-state index in [9.17, 15) is 9.59 Å². The third kappa shape index (κ3) is 26.5. The monoisotopic (exact) mass is 669 g/mol. The second-order valence-electron chi connectivity index (χ2n) is 13.7. The van der Waals surface area contributed by atoms with Gasteiger partial charge in [-0.25, -0.2) is 0 Å². The van der Waals surface area contributed by atoms with E-state index in [1.165, 1.54) is 116 Å². The van der Waals surface area contributed by atoms with Gasteiger partial charge in [-0.3, -0.25) is 9.59 Å². The smallest absolute Gasteiger partial charge is 0.311 e. The van der Waals surface area contributed by atoms with Crippen LogP contribution in [0.4, 0.5) is 0 Å². The summed E-state index contributed by atoms with van der Waals surface area (Å²) in [5, 5.41) is 0. The lowest BCUT2D eigenvalue weighted by Crippen LogP contribution is -2.34. The number of aromatic nitrogens is 1. The average Bonchev–Trinajstić information content (AvgIpc) is 3.08. The van der Waals surface area contributed by atoms with Crippen LogP contribution in [-0.4, -0.2) is 11.9 Å². The highest BCUT2D eigenvalue weighted by atomic mass is 16.5. The van der Waals surface area contributed by atoms with Gasteiger partial charge in [-0.15, -0.1) is 0 Å². The van der Waals surface area contributed by atoms with Crippen LogP contribution in [0.2, 0.25) is 0 Å². The van der Waals surface area contributed by atoms with Crippen LogP contribution in [0.25, 0.3) is 0 Å². The van der Waals surface area contributed by atoms with Gasteiger partial charge >= 0.3 is 11.9 Å². The Labute approximate surface area is 296 Å². The number of carbonyl (C=O) groups excluding carboxylic acids is 2. The van der Waals surface area contributed by atoms with Gasteiger partial charge in [0.1, 0.15) is 7.05 Å². The van der Waals surface area contributed by atoms with Crippen molar-refractivity contribution in [2.75, 3.05) is 0 Å². The molecule has 0 aliphatic carbocycles. The number of hydrogen-bond acceptors (Lipinski definition) is 4. The quantitative estimate of drug-likeness (QED) is 0.0324. The first kappa shape index (κ1) is 43.6. The highest BCUT2D eigenvalue weighted by Crippen LogP contribution is 2.18. The summed E-state index contributed by atoms with van der Waals surface area (Å²) in [5.41, 5.74) is 0.702. The van der Waals surface area contributed by atoms with Gasteiger partial charge < -0.3 is 9.47 Å². The van der Waals surface area contributed by atoms with Crippen LogP contribution in [0.3, 0.4) is 0 Å². The molecule has 274 valence electrons. The number of carbonyl (C=O) groups is 2. The minimum Gasteiger partial charge on any atom is -0.454 e. The van der Waals surface area contributed by atoms with Gasteiger partial charge in [-0.05, 0) is 70.3 Å². The number of pyridine rings is 1. The van der Waals surface area contributed by atoms with E-state index in [1.807, 2.05) is 23.9 Å². The lowest BCUT2D eigenvalue weighted by atomic mass is 10.1. The fourth-order valence-electron chi connectivity index (χ4n) is 5.96. The minimum absolute atomic E-state index is 0.108. The zero-order chi connectivity index (χ0) is 34.8. The van der Waals surface area contributed by atoms with Gasteiger partial charge in [0.15, 0.2) is 12.8 Å². The molecule has 0 N–H and O–H groups in total. The Kier molecular flexibility index (Phi) is 30.0. The molecule has 0 spiro atoms. The first-order valence-electron chi connectivity index (χ1n) is 20.2. The van der Waals surface area contributed by atoms with E-state index in [0.717, 1.165) is 51.4 Å². The summed E-state index contributed by atoms with van der Waals surface area (Å²) in [6.45, 7) is 4.64. The summed E-state index contributed by atoms with van der Waals surface area (Å²) in [5.74, 6) is 0.0633. The molecule has 0 aliphatic rings. The fraction of sp³-hybridized carbons (Fsp3) is 0.744. The van der Waals surface area contributed by atoms with Crippen LogP contribution in [0.1, 0.15) is 199 Å². The van der Waals surface area contributed by atoms with E-state index < -0.39 is 0 Å². The Morgan fingerprint density at radius 2 is 0.958 bits per heavy atom. The van der Waals surface area contributed by atoms with Crippen molar-refractivity contribution in [3.05, 3.63) is 48.3 Å². The topological polar surface area (TPSA) is 56.5 Å². The normalized spacial score (nSPS) is 11.6. The number of allylic oxidation sites excluding steroid dienone is 4. The van der Waals surface area contributed by atoms with Crippen molar-refractivity contribution in [2.24, 2.45) is 7.05 Å². The Morgan fingerprint density at radius 1 is 0.562 bits per heavy atom. The molecular weight excluding hydrogens is 594 g/mol. The molecule has 0 saturated carbocycles. The summed E-state index contributed by atoms with van der Waals surface area (Å²) in [7, 11) is 1.88. The number of nitrogens with zero attached hydrogens (tertiary/aromatic N) is 1. The standard InChI is InChI=1S/C43H74NO4/c1-4-6-8-10-12-14-16-18-20-22-24-26-28-30-32-36-42(45)47-39-40-41(35-34-38-44(40)3)48-43(46)37-33-31-29-27-25-23-21-19-17-15-13-11-9-7-5-2/h18-21,34-35,38H,4-17,22-33,36-37,39H2,1-3H3/q+1/b20-18-,21-19-. The SMILES string of the molecule is CCCCCCCC/C=C\CCCCCCCC(=O)OCc1c(OC(=O)CCCCCCC/C=C\CCCCCCCC)ccc[n+]1C. The van der Waals surface area contributed by atoms with Crippen molar-refractivity contribution in [3.63, 3.8) is 0 Å². The summed E-state index contributed by atoms with van der Waals surface area (Å²) in [6, 6.07) is 3.63.